The molecule has 6 aromatic heterocycles. The van der Waals surface area contributed by atoms with Crippen LogP contribution in [-0.2, 0) is 30.6 Å². The number of nitrogens with zero attached hydrogens (tertiary/aromatic N) is 7. The molecule has 1 aliphatic rings. The molecular weight excluding hydrogens is 989 g/mol. The molecule has 0 saturated heterocycles. The number of aryl methyl sites for hydroxylation is 3. The summed E-state index contributed by atoms with van der Waals surface area (Å²) >= 11 is 0. The number of aromatic nitrogens is 10. The monoisotopic (exact) mass is 1110 g/mol. The van der Waals surface area contributed by atoms with Gasteiger partial charge in [0.05, 0.1) is 36.4 Å². The Morgan fingerprint density at radius 2 is 0.875 bits per heavy atom. The summed E-state index contributed by atoms with van der Waals surface area (Å²) < 4.78 is 17.0. The average molecular weight is 1110 g/mol. The van der Waals surface area contributed by atoms with Gasteiger partial charge in [0.15, 0.2) is 0 Å². The number of hydrogen-bond donors (Lipinski definition) is 3. The predicted molar refractivity (Wildman–Crippen MR) is 343 cm³/mol. The highest BCUT2D eigenvalue weighted by atomic mass is 16.7. The number of allylic oxidation sites excluding steroid dienone is 2. The first-order valence-corrected chi connectivity index (χ1v) is 30.5. The Labute approximate surface area is 490 Å². The molecule has 0 radical (unpaired) electrons. The molecule has 0 aromatic carbocycles. The highest BCUT2D eigenvalue weighted by molar-refractivity contribution is 5.29. The zero-order valence-corrected chi connectivity index (χ0v) is 56.9. The van der Waals surface area contributed by atoms with E-state index in [1.54, 1.807) is 6.33 Å². The molecule has 0 amide bonds. The summed E-state index contributed by atoms with van der Waals surface area (Å²) in [7, 11) is 6.20. The van der Waals surface area contributed by atoms with Crippen LogP contribution in [-0.4, -0.2) is 55.8 Å². The molecule has 0 fully saturated rings. The van der Waals surface area contributed by atoms with Crippen LogP contribution in [0.2, 0.25) is 0 Å². The van der Waals surface area contributed by atoms with Crippen LogP contribution in [0.4, 0.5) is 0 Å². The van der Waals surface area contributed by atoms with Crippen LogP contribution in [0, 0.1) is 11.8 Å². The first-order valence-electron chi connectivity index (χ1n) is 30.5. The van der Waals surface area contributed by atoms with Gasteiger partial charge in [-0.1, -0.05) is 194 Å². The van der Waals surface area contributed by atoms with Crippen molar-refractivity contribution in [1.82, 2.24) is 49.0 Å². The third-order valence-corrected chi connectivity index (χ3v) is 14.1. The molecule has 0 unspecified atom stereocenters. The van der Waals surface area contributed by atoms with Gasteiger partial charge in [0, 0.05) is 79.5 Å². The second kappa shape index (κ2) is 34.9. The van der Waals surface area contributed by atoms with Crippen molar-refractivity contribution in [2.75, 3.05) is 6.79 Å². The third kappa shape index (κ3) is 22.2. The van der Waals surface area contributed by atoms with E-state index in [1.807, 2.05) is 36.6 Å². The van der Waals surface area contributed by atoms with Crippen LogP contribution in [0.5, 0.6) is 0 Å². The molecule has 7 rings (SSSR count). The Balaban J connectivity index is 0.000000467. The average Bonchev–Trinajstić information content (AvgIpc) is 4.21. The minimum Gasteiger partial charge on any atom is -0.458 e. The number of rotatable bonds is 14. The zero-order chi connectivity index (χ0) is 61.6. The zero-order valence-electron chi connectivity index (χ0n) is 56.9. The van der Waals surface area contributed by atoms with Crippen molar-refractivity contribution in [3.8, 4) is 0 Å². The van der Waals surface area contributed by atoms with Gasteiger partial charge in [-0.25, -0.2) is 9.97 Å². The van der Waals surface area contributed by atoms with E-state index in [4.69, 9.17) is 9.47 Å². The van der Waals surface area contributed by atoms with Gasteiger partial charge < -0.3 is 28.6 Å². The quantitative estimate of drug-likeness (QED) is 0.0995. The van der Waals surface area contributed by atoms with Crippen molar-refractivity contribution in [1.29, 1.82) is 0 Å². The number of aromatic amines is 3. The van der Waals surface area contributed by atoms with Gasteiger partial charge in [-0.15, -0.1) is 0 Å². The van der Waals surface area contributed by atoms with Gasteiger partial charge in [0.1, 0.15) is 11.5 Å². The third-order valence-electron chi connectivity index (χ3n) is 14.1. The van der Waals surface area contributed by atoms with Gasteiger partial charge in [-0.3, -0.25) is 9.78 Å². The highest BCUT2D eigenvalue weighted by Crippen LogP contribution is 2.30. The van der Waals surface area contributed by atoms with E-state index in [1.165, 1.54) is 67.8 Å². The minimum absolute atomic E-state index is 0.404. The van der Waals surface area contributed by atoms with Gasteiger partial charge in [-0.2, -0.15) is 10.2 Å². The van der Waals surface area contributed by atoms with Crippen molar-refractivity contribution in [3.05, 3.63) is 129 Å². The molecule has 454 valence electrons. The lowest BCUT2D eigenvalue weighted by Gasteiger charge is -2.13. The SMILES string of the molecule is CC(C)C1=C(C(C)C)OCO1.CC(C)c1cc[nH]c1C(C)C.CC(C)c1ccn(C)c1C(C)C.CC(C)c1cn[nH]c1C(C)C.CC(C)c1cnn(C)c1C(C)C.CC(C)c1nc[nH]c1C(C)C.CC(C)c1ncn(C)c1C(C)C. The van der Waals surface area contributed by atoms with Crippen LogP contribution in [0.3, 0.4) is 0 Å². The van der Waals surface area contributed by atoms with E-state index in [9.17, 15) is 0 Å². The summed E-state index contributed by atoms with van der Waals surface area (Å²) in [5, 5.41) is 11.4. The number of H-pyrrole nitrogens is 3. The van der Waals surface area contributed by atoms with Gasteiger partial charge in [-0.05, 0) is 105 Å². The lowest BCUT2D eigenvalue weighted by atomic mass is 9.98. The first-order chi connectivity index (χ1) is 37.1. The molecule has 7 heterocycles. The molecule has 0 spiro atoms. The van der Waals surface area contributed by atoms with Crippen molar-refractivity contribution in [3.63, 3.8) is 0 Å². The molecule has 6 aromatic rings. The fourth-order valence-electron chi connectivity index (χ4n) is 10.1. The molecule has 1 aliphatic heterocycles. The number of imidazole rings is 2. The van der Waals surface area contributed by atoms with E-state index < -0.39 is 0 Å². The Morgan fingerprint density at radius 3 is 1.21 bits per heavy atom. The molecule has 3 N–H and O–H groups in total. The van der Waals surface area contributed by atoms with E-state index >= 15 is 0 Å². The van der Waals surface area contributed by atoms with E-state index in [2.05, 4.69) is 271 Å². The first kappa shape index (κ1) is 72.8. The van der Waals surface area contributed by atoms with Gasteiger partial charge in [0.2, 0.25) is 6.79 Å². The maximum absolute atomic E-state index is 5.35. The van der Waals surface area contributed by atoms with Gasteiger partial charge in [0.25, 0.3) is 0 Å². The van der Waals surface area contributed by atoms with Crippen molar-refractivity contribution in [2.45, 2.75) is 265 Å². The molecule has 0 aliphatic carbocycles. The summed E-state index contributed by atoms with van der Waals surface area (Å²) in [5.74, 6) is 9.90. The van der Waals surface area contributed by atoms with Crippen LogP contribution in [0.25, 0.3) is 0 Å². The maximum atomic E-state index is 5.35. The molecule has 80 heavy (non-hydrogen) atoms. The molecule has 0 atom stereocenters. The molecule has 12 heteroatoms. The smallest absolute Gasteiger partial charge is 0.230 e. The van der Waals surface area contributed by atoms with Crippen LogP contribution in [0.15, 0.2) is 61.1 Å². The Hall–Kier alpha value is -5.26. The van der Waals surface area contributed by atoms with Crippen molar-refractivity contribution < 1.29 is 9.47 Å². The lowest BCUT2D eigenvalue weighted by molar-refractivity contribution is 0.0593. The van der Waals surface area contributed by atoms with E-state index in [0.29, 0.717) is 89.6 Å². The van der Waals surface area contributed by atoms with Crippen LogP contribution in [0.1, 0.15) is 333 Å². The van der Waals surface area contributed by atoms with Crippen molar-refractivity contribution in [2.24, 2.45) is 33.0 Å². The lowest BCUT2D eigenvalue weighted by Crippen LogP contribution is -2.03. The predicted octanol–water partition coefficient (Wildman–Crippen LogP) is 19.7. The Bertz CT molecular complexity index is 2290. The van der Waals surface area contributed by atoms with E-state index in [0.717, 1.165) is 11.5 Å². The largest absolute Gasteiger partial charge is 0.458 e. The number of hydrogen-bond acceptors (Lipinski definition) is 6. The molecule has 12 nitrogen and oxygen atoms in total. The number of ether oxygens (including phenoxy) is 2. The maximum Gasteiger partial charge on any atom is 0.230 e. The standard InChI is InChI=1S/C11H19N.2C10H18N2.C10H17N.2C9H16N2.C9H16O2/c1-8(2)10-6-7-12(5)11(10)9(3)4;1-7(2)9-10(8(3)4)12(5)6-11-9;1-7(2)9-6-11-12(5)10(9)8(3)4;1-7(2)9-5-6-11-10(9)8(3)4;1-6(2)8-9(7(3)4)11-5-10-8;1-6(2)8-5-10-11-9(8)7(3)4;1-6(2)8-9(7(3)4)11-5-10-8/h6-9H,1-5H3;2*6-8H,1-5H3;5-8,11H,1-4H3;2*5-7H,1-4H3,(H,10,11);6-7H,5H2,1-4H3. The fourth-order valence-corrected chi connectivity index (χ4v) is 10.1. The highest BCUT2D eigenvalue weighted by Gasteiger charge is 2.23. The minimum atomic E-state index is 0.404. The van der Waals surface area contributed by atoms with E-state index in [-0.39, 0.29) is 0 Å². The topological polar surface area (TPSA) is 132 Å². The fraction of sp³-hybridized carbons (Fsp3) is 0.676. The van der Waals surface area contributed by atoms with Crippen LogP contribution >= 0.6 is 0 Å². The van der Waals surface area contributed by atoms with Gasteiger partial charge >= 0.3 is 0 Å². The van der Waals surface area contributed by atoms with Crippen molar-refractivity contribution >= 4 is 0 Å². The Morgan fingerprint density at radius 1 is 0.400 bits per heavy atom. The molecule has 0 bridgehead atoms. The summed E-state index contributed by atoms with van der Waals surface area (Å²) in [6, 6.07) is 4.42. The summed E-state index contributed by atoms with van der Waals surface area (Å²) in [6.45, 7) is 61.9. The molecular formula is C68H120N10O2. The number of nitrogens with one attached hydrogen (secondary N) is 3. The molecule has 0 saturated carbocycles. The summed E-state index contributed by atoms with van der Waals surface area (Å²) in [5.41, 5.74) is 16.3. The normalized spacial score (nSPS) is 12.4. The summed E-state index contributed by atoms with van der Waals surface area (Å²) in [6.07, 6.45) is 11.8. The Kier molecular flexibility index (Phi) is 31.7. The summed E-state index contributed by atoms with van der Waals surface area (Å²) in [4.78, 5) is 15.1. The van der Waals surface area contributed by atoms with Crippen LogP contribution < -0.4 is 0 Å². The second-order valence-electron chi connectivity index (χ2n) is 26.1. The second-order valence-corrected chi connectivity index (χ2v) is 26.1.